The van der Waals surface area contributed by atoms with Gasteiger partial charge in [0.15, 0.2) is 11.0 Å². The summed E-state index contributed by atoms with van der Waals surface area (Å²) in [5.41, 5.74) is 0.930. The van der Waals surface area contributed by atoms with E-state index in [0.717, 1.165) is 15.9 Å². The lowest BCUT2D eigenvalue weighted by molar-refractivity contribution is 0.0720. The first-order valence-electron chi connectivity index (χ1n) is 7.04. The second-order valence-electron chi connectivity index (χ2n) is 5.15. The average molecular weight is 352 g/mol. The maximum atomic E-state index is 13.0. The van der Waals surface area contributed by atoms with E-state index in [2.05, 4.69) is 15.3 Å². The molecule has 6 nitrogen and oxygen atoms in total. The number of furan rings is 1. The summed E-state index contributed by atoms with van der Waals surface area (Å²) in [7, 11) is 0. The number of amides is 1. The van der Waals surface area contributed by atoms with Gasteiger partial charge in [0.2, 0.25) is 0 Å². The molecule has 0 aliphatic heterocycles. The SMILES string of the molecule is Cc1cc(C(=O)Nc2nc(C)c(-c3nccn3C(F)F)s2)c(C)o1. The summed E-state index contributed by atoms with van der Waals surface area (Å²) in [6, 6.07) is 1.63. The van der Waals surface area contributed by atoms with Gasteiger partial charge in [0, 0.05) is 12.4 Å². The molecule has 9 heteroatoms. The number of hydrogen-bond acceptors (Lipinski definition) is 5. The molecule has 0 aliphatic carbocycles. The molecule has 0 unspecified atom stereocenters. The Bertz CT molecular complexity index is 897. The smallest absolute Gasteiger partial charge is 0.320 e. The quantitative estimate of drug-likeness (QED) is 0.765. The van der Waals surface area contributed by atoms with E-state index in [1.807, 2.05) is 0 Å². The van der Waals surface area contributed by atoms with Crippen molar-refractivity contribution < 1.29 is 18.0 Å². The molecule has 0 aromatic carbocycles. The molecule has 24 heavy (non-hydrogen) atoms. The van der Waals surface area contributed by atoms with Crippen molar-refractivity contribution in [3.05, 3.63) is 41.2 Å². The van der Waals surface area contributed by atoms with Crippen LogP contribution in [-0.4, -0.2) is 20.4 Å². The number of aryl methyl sites for hydroxylation is 3. The fraction of sp³-hybridized carbons (Fsp3) is 0.267. The lowest BCUT2D eigenvalue weighted by Gasteiger charge is -2.04. The molecule has 126 valence electrons. The van der Waals surface area contributed by atoms with E-state index in [-0.39, 0.29) is 11.7 Å². The summed E-state index contributed by atoms with van der Waals surface area (Å²) < 4.78 is 32.1. The van der Waals surface area contributed by atoms with Crippen LogP contribution in [0.2, 0.25) is 0 Å². The fourth-order valence-electron chi connectivity index (χ4n) is 2.32. The minimum atomic E-state index is -2.70. The van der Waals surface area contributed by atoms with Crippen LogP contribution < -0.4 is 5.32 Å². The second kappa shape index (κ2) is 6.16. The minimum Gasteiger partial charge on any atom is -0.466 e. The number of alkyl halides is 2. The normalized spacial score (nSPS) is 11.2. The van der Waals surface area contributed by atoms with E-state index in [1.54, 1.807) is 26.8 Å². The van der Waals surface area contributed by atoms with E-state index in [9.17, 15) is 13.6 Å². The molecular weight excluding hydrogens is 338 g/mol. The van der Waals surface area contributed by atoms with E-state index >= 15 is 0 Å². The van der Waals surface area contributed by atoms with Crippen LogP contribution in [0.4, 0.5) is 13.9 Å². The van der Waals surface area contributed by atoms with E-state index in [1.165, 1.54) is 12.4 Å². The number of carbonyl (C=O) groups is 1. The van der Waals surface area contributed by atoms with E-state index in [4.69, 9.17) is 4.42 Å². The molecule has 0 radical (unpaired) electrons. The van der Waals surface area contributed by atoms with Gasteiger partial charge in [-0.1, -0.05) is 11.3 Å². The number of hydrogen-bond donors (Lipinski definition) is 1. The van der Waals surface area contributed by atoms with Crippen molar-refractivity contribution in [2.24, 2.45) is 0 Å². The van der Waals surface area contributed by atoms with Gasteiger partial charge in [-0.3, -0.25) is 14.7 Å². The summed E-state index contributed by atoms with van der Waals surface area (Å²) in [6.07, 6.45) is 2.51. The Kier molecular flexibility index (Phi) is 4.18. The zero-order valence-corrected chi connectivity index (χ0v) is 13.9. The van der Waals surface area contributed by atoms with Crippen molar-refractivity contribution in [2.45, 2.75) is 27.3 Å². The highest BCUT2D eigenvalue weighted by Gasteiger charge is 2.20. The molecule has 0 fully saturated rings. The molecule has 0 aliphatic rings. The van der Waals surface area contributed by atoms with Crippen LogP contribution in [-0.2, 0) is 0 Å². The first kappa shape index (κ1) is 16.3. The monoisotopic (exact) mass is 352 g/mol. The third kappa shape index (κ3) is 2.94. The Labute approximate surface area is 140 Å². The topological polar surface area (TPSA) is 73.0 Å². The maximum absolute atomic E-state index is 13.0. The van der Waals surface area contributed by atoms with Gasteiger partial charge in [-0.15, -0.1) is 0 Å². The molecule has 3 heterocycles. The van der Waals surface area contributed by atoms with E-state index < -0.39 is 6.55 Å². The summed E-state index contributed by atoms with van der Waals surface area (Å²) in [5, 5.41) is 2.98. The first-order valence-corrected chi connectivity index (χ1v) is 7.85. The Morgan fingerprint density at radius 1 is 1.38 bits per heavy atom. The van der Waals surface area contributed by atoms with Crippen molar-refractivity contribution in [3.8, 4) is 10.7 Å². The number of imidazole rings is 1. The highest BCUT2D eigenvalue weighted by atomic mass is 32.1. The Balaban J connectivity index is 1.88. The molecule has 3 aromatic rings. The van der Waals surface area contributed by atoms with Crippen LogP contribution in [0.5, 0.6) is 0 Å². The van der Waals surface area contributed by atoms with Gasteiger partial charge in [-0.25, -0.2) is 9.97 Å². The number of halogens is 2. The highest BCUT2D eigenvalue weighted by molar-refractivity contribution is 7.19. The van der Waals surface area contributed by atoms with Crippen molar-refractivity contribution in [2.75, 3.05) is 5.32 Å². The van der Waals surface area contributed by atoms with Gasteiger partial charge in [-0.2, -0.15) is 8.78 Å². The van der Waals surface area contributed by atoms with Crippen molar-refractivity contribution >= 4 is 22.4 Å². The van der Waals surface area contributed by atoms with Crippen molar-refractivity contribution in [3.63, 3.8) is 0 Å². The van der Waals surface area contributed by atoms with Crippen molar-refractivity contribution in [1.29, 1.82) is 0 Å². The van der Waals surface area contributed by atoms with Gasteiger partial charge in [0.1, 0.15) is 11.5 Å². The standard InChI is InChI=1S/C15H14F2N4O2S/c1-7-6-10(9(3)23-7)13(22)20-15-19-8(2)11(24-15)12-18-4-5-21(12)14(16)17/h4-6,14H,1-3H3,(H,19,20,22). The first-order chi connectivity index (χ1) is 11.4. The number of anilines is 1. The summed E-state index contributed by atoms with van der Waals surface area (Å²) >= 11 is 1.09. The molecule has 1 N–H and O–H groups in total. The Morgan fingerprint density at radius 3 is 2.75 bits per heavy atom. The minimum absolute atomic E-state index is 0.121. The number of carbonyl (C=O) groups excluding carboxylic acids is 1. The lowest BCUT2D eigenvalue weighted by atomic mass is 10.2. The van der Waals surface area contributed by atoms with Gasteiger partial charge in [0.25, 0.3) is 5.91 Å². The predicted molar refractivity (Wildman–Crippen MR) is 85.5 cm³/mol. The van der Waals surface area contributed by atoms with Gasteiger partial charge >= 0.3 is 6.55 Å². The van der Waals surface area contributed by atoms with Crippen LogP contribution in [0.3, 0.4) is 0 Å². The molecule has 0 spiro atoms. The number of nitrogens with zero attached hydrogens (tertiary/aromatic N) is 3. The lowest BCUT2D eigenvalue weighted by Crippen LogP contribution is -2.11. The zero-order chi connectivity index (χ0) is 17.4. The molecule has 0 saturated heterocycles. The molecule has 0 saturated carbocycles. The predicted octanol–water partition coefficient (Wildman–Crippen LogP) is 4.17. The van der Waals surface area contributed by atoms with Crippen LogP contribution >= 0.6 is 11.3 Å². The summed E-state index contributed by atoms with van der Waals surface area (Å²) in [4.78, 5) is 21.0. The molecule has 0 bridgehead atoms. The summed E-state index contributed by atoms with van der Waals surface area (Å²) in [6.45, 7) is 2.43. The van der Waals surface area contributed by atoms with Crippen LogP contribution in [0.1, 0.15) is 34.1 Å². The molecule has 0 atom stereocenters. The van der Waals surface area contributed by atoms with Crippen molar-refractivity contribution in [1.82, 2.24) is 14.5 Å². The Morgan fingerprint density at radius 2 is 2.12 bits per heavy atom. The van der Waals surface area contributed by atoms with Crippen LogP contribution in [0, 0.1) is 20.8 Å². The number of nitrogens with one attached hydrogen (secondary N) is 1. The van der Waals surface area contributed by atoms with E-state index in [0.29, 0.717) is 32.8 Å². The van der Waals surface area contributed by atoms with Crippen LogP contribution in [0.15, 0.2) is 22.9 Å². The molecule has 3 aromatic heterocycles. The molecule has 3 rings (SSSR count). The van der Waals surface area contributed by atoms with Gasteiger partial charge < -0.3 is 4.42 Å². The largest absolute Gasteiger partial charge is 0.466 e. The average Bonchev–Trinajstić information content (AvgIpc) is 3.17. The van der Waals surface area contributed by atoms with Gasteiger partial charge in [-0.05, 0) is 26.8 Å². The molecular formula is C15H14F2N4O2S. The number of aromatic nitrogens is 3. The molecule has 1 amide bonds. The summed E-state index contributed by atoms with van der Waals surface area (Å²) in [5.74, 6) is 0.900. The second-order valence-corrected chi connectivity index (χ2v) is 6.15. The third-order valence-corrected chi connectivity index (χ3v) is 4.45. The zero-order valence-electron chi connectivity index (χ0n) is 13.1. The van der Waals surface area contributed by atoms with Crippen LogP contribution in [0.25, 0.3) is 10.7 Å². The maximum Gasteiger partial charge on any atom is 0.320 e. The number of rotatable bonds is 4. The highest BCUT2D eigenvalue weighted by Crippen LogP contribution is 2.33. The Hall–Kier alpha value is -2.55. The third-order valence-electron chi connectivity index (χ3n) is 3.38. The van der Waals surface area contributed by atoms with Gasteiger partial charge in [0.05, 0.1) is 16.1 Å². The fourth-order valence-corrected chi connectivity index (χ4v) is 3.29. The number of thiazole rings is 1.